The molecular weight excluding hydrogens is 268 g/mol. The van der Waals surface area contributed by atoms with E-state index in [9.17, 15) is 4.79 Å². The fourth-order valence-electron chi connectivity index (χ4n) is 2.24. The molecular formula is C16H24N2O3. The van der Waals surface area contributed by atoms with Gasteiger partial charge in [0.25, 0.3) is 5.91 Å². The highest BCUT2D eigenvalue weighted by Gasteiger charge is 2.29. The summed E-state index contributed by atoms with van der Waals surface area (Å²) in [6, 6.07) is 7.67. The molecule has 0 unspecified atom stereocenters. The smallest absolute Gasteiger partial charge is 0.253 e. The van der Waals surface area contributed by atoms with E-state index >= 15 is 0 Å². The summed E-state index contributed by atoms with van der Waals surface area (Å²) >= 11 is 0. The van der Waals surface area contributed by atoms with Crippen molar-refractivity contribution >= 4 is 11.6 Å². The van der Waals surface area contributed by atoms with Crippen LogP contribution in [0.25, 0.3) is 0 Å². The lowest BCUT2D eigenvalue weighted by Gasteiger charge is -2.13. The minimum absolute atomic E-state index is 0.0105. The van der Waals surface area contributed by atoms with Crippen LogP contribution in [0.15, 0.2) is 24.3 Å². The van der Waals surface area contributed by atoms with Gasteiger partial charge in [-0.05, 0) is 44.4 Å². The summed E-state index contributed by atoms with van der Waals surface area (Å²) in [5.74, 6) is -0.0999. The number of carbonyl (C=O) groups excluding carboxylic acids is 1. The van der Waals surface area contributed by atoms with Gasteiger partial charge in [-0.15, -0.1) is 0 Å². The second-order valence-corrected chi connectivity index (χ2v) is 5.61. The monoisotopic (exact) mass is 292 g/mol. The molecule has 116 valence electrons. The van der Waals surface area contributed by atoms with Crippen molar-refractivity contribution in [1.82, 2.24) is 0 Å². The average Bonchev–Trinajstić information content (AvgIpc) is 2.95. The molecule has 0 aromatic heterocycles. The Morgan fingerprint density at radius 3 is 2.67 bits per heavy atom. The lowest BCUT2D eigenvalue weighted by Crippen LogP contribution is -2.29. The standard InChI is InChI=1S/C16H24N2O3/c1-11(2)20-10-12-3-5-13(6-4-12)18-16(19)15-8-7-14(9-17)21-15/h3-6,11,14-15H,7-10,17H2,1-2H3,(H,18,19)/t14-,15+/m1/s1. The number of hydrogen-bond donors (Lipinski definition) is 2. The number of amides is 1. The molecule has 1 aliphatic rings. The lowest BCUT2D eigenvalue weighted by atomic mass is 10.1. The largest absolute Gasteiger partial charge is 0.374 e. The van der Waals surface area contributed by atoms with E-state index in [1.807, 2.05) is 38.1 Å². The highest BCUT2D eigenvalue weighted by Crippen LogP contribution is 2.20. The molecule has 1 heterocycles. The van der Waals surface area contributed by atoms with Gasteiger partial charge in [-0.2, -0.15) is 0 Å². The van der Waals surface area contributed by atoms with Crippen LogP contribution < -0.4 is 11.1 Å². The first kappa shape index (κ1) is 15.9. The molecule has 0 bridgehead atoms. The van der Waals surface area contributed by atoms with E-state index in [0.29, 0.717) is 13.2 Å². The lowest BCUT2D eigenvalue weighted by molar-refractivity contribution is -0.126. The van der Waals surface area contributed by atoms with E-state index in [2.05, 4.69) is 5.32 Å². The number of carbonyl (C=O) groups is 1. The molecule has 1 saturated heterocycles. The van der Waals surface area contributed by atoms with Gasteiger partial charge in [-0.3, -0.25) is 4.79 Å². The molecule has 5 heteroatoms. The Labute approximate surface area is 125 Å². The molecule has 1 aromatic rings. The third-order valence-electron chi connectivity index (χ3n) is 3.47. The minimum Gasteiger partial charge on any atom is -0.374 e. The Bertz CT molecular complexity index is 459. The molecule has 21 heavy (non-hydrogen) atoms. The van der Waals surface area contributed by atoms with Crippen LogP contribution in [0.2, 0.25) is 0 Å². The van der Waals surface area contributed by atoms with Crippen LogP contribution in [0.1, 0.15) is 32.3 Å². The van der Waals surface area contributed by atoms with Gasteiger partial charge in [0, 0.05) is 12.2 Å². The summed E-state index contributed by atoms with van der Waals surface area (Å²) in [4.78, 5) is 12.1. The van der Waals surface area contributed by atoms with Gasteiger partial charge >= 0.3 is 0 Å². The van der Waals surface area contributed by atoms with E-state index in [0.717, 1.165) is 24.1 Å². The Morgan fingerprint density at radius 1 is 1.38 bits per heavy atom. The molecule has 3 N–H and O–H groups in total. The second kappa shape index (κ2) is 7.54. The average molecular weight is 292 g/mol. The topological polar surface area (TPSA) is 73.6 Å². The number of ether oxygens (including phenoxy) is 2. The van der Waals surface area contributed by atoms with Crippen LogP contribution in [0.4, 0.5) is 5.69 Å². The van der Waals surface area contributed by atoms with Crippen molar-refractivity contribution in [3.05, 3.63) is 29.8 Å². The number of nitrogens with one attached hydrogen (secondary N) is 1. The molecule has 0 radical (unpaired) electrons. The highest BCUT2D eigenvalue weighted by molar-refractivity contribution is 5.94. The van der Waals surface area contributed by atoms with Gasteiger partial charge in [-0.25, -0.2) is 0 Å². The maximum absolute atomic E-state index is 12.1. The fraction of sp³-hybridized carbons (Fsp3) is 0.562. The van der Waals surface area contributed by atoms with Crippen molar-refractivity contribution in [2.24, 2.45) is 5.73 Å². The normalized spacial score (nSPS) is 21.7. The molecule has 2 atom stereocenters. The van der Waals surface area contributed by atoms with E-state index in [4.69, 9.17) is 15.2 Å². The highest BCUT2D eigenvalue weighted by atomic mass is 16.5. The van der Waals surface area contributed by atoms with Gasteiger partial charge in [-0.1, -0.05) is 12.1 Å². The third-order valence-corrected chi connectivity index (χ3v) is 3.47. The molecule has 1 fully saturated rings. The zero-order valence-corrected chi connectivity index (χ0v) is 12.7. The van der Waals surface area contributed by atoms with E-state index in [-0.39, 0.29) is 24.2 Å². The SMILES string of the molecule is CC(C)OCc1ccc(NC(=O)[C@@H]2CC[C@H](CN)O2)cc1. The number of hydrogen-bond acceptors (Lipinski definition) is 4. The number of anilines is 1. The zero-order chi connectivity index (χ0) is 15.2. The van der Waals surface area contributed by atoms with E-state index in [1.165, 1.54) is 0 Å². The quantitative estimate of drug-likeness (QED) is 0.841. The Balaban J connectivity index is 1.84. The summed E-state index contributed by atoms with van der Waals surface area (Å²) < 4.78 is 11.1. The van der Waals surface area contributed by atoms with Gasteiger partial charge in [0.1, 0.15) is 6.10 Å². The summed E-state index contributed by atoms with van der Waals surface area (Å²) in [6.45, 7) is 5.06. The first-order valence-corrected chi connectivity index (χ1v) is 7.45. The van der Waals surface area contributed by atoms with E-state index < -0.39 is 0 Å². The Kier molecular flexibility index (Phi) is 5.73. The maximum Gasteiger partial charge on any atom is 0.253 e. The number of nitrogens with two attached hydrogens (primary N) is 1. The molecule has 1 aromatic carbocycles. The van der Waals surface area contributed by atoms with E-state index in [1.54, 1.807) is 0 Å². The van der Waals surface area contributed by atoms with Crippen LogP contribution in [0, 0.1) is 0 Å². The molecule has 0 spiro atoms. The Hall–Kier alpha value is -1.43. The summed E-state index contributed by atoms with van der Waals surface area (Å²) in [6.07, 6.45) is 1.41. The summed E-state index contributed by atoms with van der Waals surface area (Å²) in [5.41, 5.74) is 7.40. The van der Waals surface area contributed by atoms with Crippen LogP contribution >= 0.6 is 0 Å². The van der Waals surface area contributed by atoms with Crippen LogP contribution in [0.5, 0.6) is 0 Å². The first-order valence-electron chi connectivity index (χ1n) is 7.45. The van der Waals surface area contributed by atoms with Gasteiger partial charge in [0.15, 0.2) is 0 Å². The van der Waals surface area contributed by atoms with Crippen molar-refractivity contribution < 1.29 is 14.3 Å². The predicted octanol–water partition coefficient (Wildman–Crippen LogP) is 2.06. The Morgan fingerprint density at radius 2 is 2.10 bits per heavy atom. The van der Waals surface area contributed by atoms with Gasteiger partial charge in [0.2, 0.25) is 0 Å². The molecule has 5 nitrogen and oxygen atoms in total. The minimum atomic E-state index is -0.387. The first-order chi connectivity index (χ1) is 10.1. The zero-order valence-electron chi connectivity index (χ0n) is 12.7. The molecule has 1 amide bonds. The van der Waals surface area contributed by atoms with Crippen LogP contribution in [0.3, 0.4) is 0 Å². The second-order valence-electron chi connectivity index (χ2n) is 5.61. The van der Waals surface area contributed by atoms with Crippen LogP contribution in [-0.2, 0) is 20.9 Å². The van der Waals surface area contributed by atoms with Gasteiger partial charge < -0.3 is 20.5 Å². The number of benzene rings is 1. The molecule has 1 aliphatic heterocycles. The van der Waals surface area contributed by atoms with Crippen molar-refractivity contribution in [3.63, 3.8) is 0 Å². The van der Waals surface area contributed by atoms with Crippen molar-refractivity contribution in [2.75, 3.05) is 11.9 Å². The van der Waals surface area contributed by atoms with Crippen molar-refractivity contribution in [1.29, 1.82) is 0 Å². The molecule has 0 aliphatic carbocycles. The van der Waals surface area contributed by atoms with Crippen molar-refractivity contribution in [2.45, 2.75) is 51.6 Å². The third kappa shape index (κ3) is 4.81. The van der Waals surface area contributed by atoms with Crippen LogP contribution in [-0.4, -0.2) is 30.8 Å². The maximum atomic E-state index is 12.1. The summed E-state index contributed by atoms with van der Waals surface area (Å²) in [5, 5.41) is 2.88. The van der Waals surface area contributed by atoms with Crippen molar-refractivity contribution in [3.8, 4) is 0 Å². The molecule has 2 rings (SSSR count). The molecule has 0 saturated carbocycles. The number of rotatable bonds is 6. The fourth-order valence-corrected chi connectivity index (χ4v) is 2.24. The summed E-state index contributed by atoms with van der Waals surface area (Å²) in [7, 11) is 0. The van der Waals surface area contributed by atoms with Gasteiger partial charge in [0.05, 0.1) is 18.8 Å². The predicted molar refractivity (Wildman–Crippen MR) is 81.9 cm³/mol.